The maximum absolute atomic E-state index is 10.9. The fourth-order valence-electron chi connectivity index (χ4n) is 4.25. The Morgan fingerprint density at radius 2 is 0.750 bits per heavy atom. The summed E-state index contributed by atoms with van der Waals surface area (Å²) in [6, 6.07) is 0. The molecule has 0 rings (SSSR count). The van der Waals surface area contributed by atoms with Gasteiger partial charge in [0.05, 0.1) is 0 Å². The van der Waals surface area contributed by atoms with E-state index in [-0.39, 0.29) is 6.61 Å². The molecular formula is C26H55NO4S+. The molecule has 1 radical (unpaired) electrons. The highest BCUT2D eigenvalue weighted by Crippen LogP contribution is 2.15. The van der Waals surface area contributed by atoms with Gasteiger partial charge in [0.15, 0.2) is 0 Å². The molecule has 0 saturated heterocycles. The molecular weight excluding hydrogens is 422 g/mol. The molecule has 0 aromatic carbocycles. The average molecular weight is 478 g/mol. The monoisotopic (exact) mass is 477 g/mol. The van der Waals surface area contributed by atoms with Crippen LogP contribution >= 0.6 is 0 Å². The number of hydrogen-bond acceptors (Lipinski definition) is 4. The number of rotatable bonds is 27. The molecule has 0 aromatic rings. The molecule has 1 unspecified atom stereocenters. The Kier molecular flexibility index (Phi) is 25.6. The van der Waals surface area contributed by atoms with E-state index in [1.165, 1.54) is 135 Å². The van der Waals surface area contributed by atoms with Crippen molar-refractivity contribution in [3.05, 3.63) is 0 Å². The number of hydrogen-bond donors (Lipinski definition) is 1. The van der Waals surface area contributed by atoms with Crippen molar-refractivity contribution in [3.63, 3.8) is 0 Å². The highest BCUT2D eigenvalue weighted by atomic mass is 32.3. The van der Waals surface area contributed by atoms with Crippen LogP contribution in [0.2, 0.25) is 0 Å². The van der Waals surface area contributed by atoms with Crippen LogP contribution in [0.15, 0.2) is 0 Å². The van der Waals surface area contributed by atoms with Gasteiger partial charge in [0.25, 0.3) is 0 Å². The van der Waals surface area contributed by atoms with E-state index in [9.17, 15) is 8.76 Å². The van der Waals surface area contributed by atoms with Gasteiger partial charge < -0.3 is 0 Å². The predicted octanol–water partition coefficient (Wildman–Crippen LogP) is 8.95. The summed E-state index contributed by atoms with van der Waals surface area (Å²) in [6.07, 6.45) is 32.3. The third-order valence-electron chi connectivity index (χ3n) is 6.34. The van der Waals surface area contributed by atoms with Crippen LogP contribution in [0.4, 0.5) is 0 Å². The third kappa shape index (κ3) is 26.2. The molecule has 5 nitrogen and oxygen atoms in total. The fraction of sp³-hybridized carbons (Fsp3) is 1.00. The molecule has 0 heterocycles. The Bertz CT molecular complexity index is 409. The maximum atomic E-state index is 10.9. The van der Waals surface area contributed by atoms with Crippen LogP contribution < -0.4 is 5.90 Å². The first-order chi connectivity index (χ1) is 15.6. The lowest BCUT2D eigenvalue weighted by Crippen LogP contribution is -2.20. The van der Waals surface area contributed by atoms with Crippen molar-refractivity contribution in [2.24, 2.45) is 5.90 Å². The standard InChI is InChI=1S/C26H55NO4S/c1-2-3-4-5-6-7-8-9-10-11-12-13-14-15-16-17-18-19-20-21-22-23-24-25-26-30-32(28,29)31-27/h2-27H2,1H3/q+1. The Balaban J connectivity index is 3.06. The Morgan fingerprint density at radius 1 is 0.500 bits per heavy atom. The molecule has 0 aliphatic heterocycles. The molecule has 0 aliphatic rings. The van der Waals surface area contributed by atoms with Crippen molar-refractivity contribution < 1.29 is 17.2 Å². The minimum absolute atomic E-state index is 0.152. The molecule has 0 aromatic heterocycles. The summed E-state index contributed by atoms with van der Waals surface area (Å²) in [5, 5.41) is 0. The van der Waals surface area contributed by atoms with E-state index in [1.807, 2.05) is 0 Å². The second-order valence-electron chi connectivity index (χ2n) is 9.46. The minimum atomic E-state index is -3.97. The lowest BCUT2D eigenvalue weighted by Gasteiger charge is -2.04. The van der Waals surface area contributed by atoms with E-state index in [4.69, 9.17) is 0 Å². The van der Waals surface area contributed by atoms with Crippen molar-refractivity contribution in [3.8, 4) is 0 Å². The molecule has 6 heteroatoms. The molecule has 32 heavy (non-hydrogen) atoms. The normalized spacial score (nSPS) is 13.5. The lowest BCUT2D eigenvalue weighted by molar-refractivity contribution is 0.152. The maximum Gasteiger partial charge on any atom is 0.564 e. The zero-order chi connectivity index (χ0) is 23.6. The molecule has 0 saturated carbocycles. The molecule has 0 aliphatic carbocycles. The van der Waals surface area contributed by atoms with Crippen molar-refractivity contribution in [1.82, 2.24) is 0 Å². The average Bonchev–Trinajstić information content (AvgIpc) is 2.79. The summed E-state index contributed by atoms with van der Waals surface area (Å²) in [6.45, 7) is 2.44. The van der Waals surface area contributed by atoms with Crippen LogP contribution in [0.25, 0.3) is 0 Å². The summed E-state index contributed by atoms with van der Waals surface area (Å²) >= 11 is 0. The SMILES string of the molecule is CCCCCCCCCCCCCCCCCCCCCCCCCCO[S+]([O])(=O)ON. The van der Waals surface area contributed by atoms with Gasteiger partial charge >= 0.3 is 10.8 Å². The van der Waals surface area contributed by atoms with Gasteiger partial charge in [0.1, 0.15) is 11.2 Å². The smallest absolute Gasteiger partial charge is 0.158 e. The first-order valence-electron chi connectivity index (χ1n) is 13.9. The predicted molar refractivity (Wildman–Crippen MR) is 136 cm³/mol. The highest BCUT2D eigenvalue weighted by molar-refractivity contribution is 7.88. The topological polar surface area (TPSA) is 81.5 Å². The van der Waals surface area contributed by atoms with Crippen LogP contribution in [0.5, 0.6) is 0 Å². The zero-order valence-corrected chi connectivity index (χ0v) is 22.1. The van der Waals surface area contributed by atoms with E-state index < -0.39 is 10.8 Å². The van der Waals surface area contributed by atoms with Crippen molar-refractivity contribution >= 4 is 10.8 Å². The van der Waals surface area contributed by atoms with Gasteiger partial charge in [-0.15, -0.1) is 4.18 Å². The Hall–Kier alpha value is -0.0100. The van der Waals surface area contributed by atoms with Gasteiger partial charge in [-0.25, -0.2) is 0 Å². The molecule has 2 N–H and O–H groups in total. The Labute approximate surface area is 201 Å². The van der Waals surface area contributed by atoms with Crippen LogP contribution in [-0.4, -0.2) is 6.61 Å². The summed E-state index contributed by atoms with van der Waals surface area (Å²) in [5.41, 5.74) is 0. The van der Waals surface area contributed by atoms with E-state index in [1.54, 1.807) is 0 Å². The van der Waals surface area contributed by atoms with Crippen LogP contribution in [0.3, 0.4) is 0 Å². The van der Waals surface area contributed by atoms with Crippen LogP contribution in [0.1, 0.15) is 161 Å². The Morgan fingerprint density at radius 3 is 1.00 bits per heavy atom. The molecule has 0 fully saturated rings. The largest absolute Gasteiger partial charge is 0.564 e. The van der Waals surface area contributed by atoms with E-state index in [0.717, 1.165) is 19.3 Å². The molecule has 0 amide bonds. The van der Waals surface area contributed by atoms with Gasteiger partial charge in [0.2, 0.25) is 0 Å². The summed E-state index contributed by atoms with van der Waals surface area (Å²) in [5.74, 6) is 4.59. The minimum Gasteiger partial charge on any atom is -0.158 e. The number of unbranched alkanes of at least 4 members (excludes halogenated alkanes) is 23. The number of nitrogens with two attached hydrogens (primary N) is 1. The second kappa shape index (κ2) is 25.6. The van der Waals surface area contributed by atoms with E-state index in [2.05, 4.69) is 21.3 Å². The quantitative estimate of drug-likeness (QED) is 0.0727. The van der Waals surface area contributed by atoms with Gasteiger partial charge in [-0.05, 0) is 10.7 Å². The molecule has 193 valence electrons. The van der Waals surface area contributed by atoms with Gasteiger partial charge in [-0.3, -0.25) is 0 Å². The first-order valence-corrected chi connectivity index (χ1v) is 15.2. The second-order valence-corrected chi connectivity index (χ2v) is 10.7. The van der Waals surface area contributed by atoms with Crippen molar-refractivity contribution in [1.29, 1.82) is 0 Å². The molecule has 0 bridgehead atoms. The van der Waals surface area contributed by atoms with E-state index >= 15 is 0 Å². The third-order valence-corrected chi connectivity index (χ3v) is 7.03. The van der Waals surface area contributed by atoms with Gasteiger partial charge in [-0.1, -0.05) is 155 Å². The van der Waals surface area contributed by atoms with Crippen LogP contribution in [0, 0.1) is 0 Å². The lowest BCUT2D eigenvalue weighted by atomic mass is 10.0. The van der Waals surface area contributed by atoms with Crippen molar-refractivity contribution in [2.45, 2.75) is 161 Å². The van der Waals surface area contributed by atoms with Gasteiger partial charge in [-0.2, -0.15) is 5.90 Å². The van der Waals surface area contributed by atoms with Crippen molar-refractivity contribution in [2.75, 3.05) is 6.61 Å². The van der Waals surface area contributed by atoms with Gasteiger partial charge in [0, 0.05) is 4.21 Å². The molecule has 0 spiro atoms. The summed E-state index contributed by atoms with van der Waals surface area (Å²) in [7, 11) is -3.97. The summed E-state index contributed by atoms with van der Waals surface area (Å²) in [4.78, 5) is 0. The highest BCUT2D eigenvalue weighted by Gasteiger charge is 2.31. The summed E-state index contributed by atoms with van der Waals surface area (Å²) < 4.78 is 30.0. The first kappa shape index (κ1) is 32.0. The molecule has 1 atom stereocenters. The fourth-order valence-corrected chi connectivity index (χ4v) is 4.63. The van der Waals surface area contributed by atoms with Crippen LogP contribution in [-0.2, 0) is 28.0 Å². The van der Waals surface area contributed by atoms with E-state index in [0.29, 0.717) is 0 Å². The zero-order valence-electron chi connectivity index (χ0n) is 21.3.